The van der Waals surface area contributed by atoms with Crippen molar-refractivity contribution in [3.63, 3.8) is 0 Å². The fraction of sp³-hybridized carbons (Fsp3) is 0.455. The van der Waals surface area contributed by atoms with Crippen molar-refractivity contribution in [2.75, 3.05) is 20.8 Å². The molecule has 1 rings (SSSR count). The second-order valence-electron chi connectivity index (χ2n) is 3.19. The third kappa shape index (κ3) is 3.27. The van der Waals surface area contributed by atoms with Gasteiger partial charge in [0, 0.05) is 12.6 Å². The highest BCUT2D eigenvalue weighted by molar-refractivity contribution is 5.85. The molecule has 0 fully saturated rings. The number of aliphatic hydroxyl groups is 1. The molecule has 0 heterocycles. The number of aliphatic hydroxyl groups excluding tert-OH is 1. The highest BCUT2D eigenvalue weighted by atomic mass is 35.5. The van der Waals surface area contributed by atoms with E-state index in [0.717, 1.165) is 5.56 Å². The molecule has 0 aliphatic carbocycles. The first-order valence-electron chi connectivity index (χ1n) is 4.82. The maximum absolute atomic E-state index is 8.86. The Balaban J connectivity index is 0.00000225. The molecule has 0 aliphatic heterocycles. The molecule has 0 saturated carbocycles. The molecule has 1 aromatic carbocycles. The van der Waals surface area contributed by atoms with Crippen LogP contribution in [0.1, 0.15) is 18.0 Å². The summed E-state index contributed by atoms with van der Waals surface area (Å²) in [5.41, 5.74) is 6.74. The van der Waals surface area contributed by atoms with Gasteiger partial charge in [-0.05, 0) is 18.6 Å². The summed E-state index contributed by atoms with van der Waals surface area (Å²) in [5.74, 6) is 1.38. The van der Waals surface area contributed by atoms with Crippen LogP contribution in [0, 0.1) is 0 Å². The zero-order valence-electron chi connectivity index (χ0n) is 9.47. The van der Waals surface area contributed by atoms with E-state index >= 15 is 0 Å². The van der Waals surface area contributed by atoms with Crippen LogP contribution in [0.5, 0.6) is 11.5 Å². The van der Waals surface area contributed by atoms with E-state index in [0.29, 0.717) is 17.9 Å². The van der Waals surface area contributed by atoms with Gasteiger partial charge in [0.15, 0.2) is 0 Å². The topological polar surface area (TPSA) is 64.7 Å². The van der Waals surface area contributed by atoms with Crippen molar-refractivity contribution >= 4 is 12.4 Å². The van der Waals surface area contributed by atoms with Crippen molar-refractivity contribution < 1.29 is 14.6 Å². The fourth-order valence-corrected chi connectivity index (χ4v) is 1.53. The normalized spacial score (nSPS) is 11.5. The van der Waals surface area contributed by atoms with Gasteiger partial charge >= 0.3 is 0 Å². The minimum absolute atomic E-state index is 0. The molecule has 16 heavy (non-hydrogen) atoms. The van der Waals surface area contributed by atoms with Crippen LogP contribution in [-0.4, -0.2) is 25.9 Å². The molecule has 0 bridgehead atoms. The molecular weight excluding hydrogens is 230 g/mol. The lowest BCUT2D eigenvalue weighted by atomic mass is 10.0. The molecule has 92 valence electrons. The van der Waals surface area contributed by atoms with Gasteiger partial charge in [-0.2, -0.15) is 0 Å². The van der Waals surface area contributed by atoms with E-state index in [2.05, 4.69) is 0 Å². The van der Waals surface area contributed by atoms with Gasteiger partial charge in [-0.15, -0.1) is 12.4 Å². The Hall–Kier alpha value is -0.970. The van der Waals surface area contributed by atoms with Crippen molar-refractivity contribution in [3.8, 4) is 11.5 Å². The third-order valence-electron chi connectivity index (χ3n) is 2.28. The Morgan fingerprint density at radius 1 is 1.25 bits per heavy atom. The first-order chi connectivity index (χ1) is 7.24. The maximum Gasteiger partial charge on any atom is 0.127 e. The van der Waals surface area contributed by atoms with Gasteiger partial charge in [0.1, 0.15) is 11.5 Å². The number of benzene rings is 1. The number of rotatable bonds is 5. The molecule has 0 unspecified atom stereocenters. The van der Waals surface area contributed by atoms with Crippen LogP contribution in [0.3, 0.4) is 0 Å². The summed E-state index contributed by atoms with van der Waals surface area (Å²) in [6.45, 7) is 0.0440. The Bertz CT molecular complexity index is 298. The monoisotopic (exact) mass is 247 g/mol. The molecule has 0 aromatic heterocycles. The van der Waals surface area contributed by atoms with E-state index in [1.54, 1.807) is 14.2 Å². The van der Waals surface area contributed by atoms with E-state index in [4.69, 9.17) is 20.3 Å². The SMILES string of the molecule is COc1cccc(OC)c1[C@@H](N)CCO.Cl. The van der Waals surface area contributed by atoms with Crippen LogP contribution in [-0.2, 0) is 0 Å². The molecule has 0 radical (unpaired) electrons. The van der Waals surface area contributed by atoms with Crippen LogP contribution in [0.15, 0.2) is 18.2 Å². The van der Waals surface area contributed by atoms with Crippen molar-refractivity contribution in [1.82, 2.24) is 0 Å². The van der Waals surface area contributed by atoms with Crippen LogP contribution >= 0.6 is 12.4 Å². The van der Waals surface area contributed by atoms with Gasteiger partial charge in [0.25, 0.3) is 0 Å². The van der Waals surface area contributed by atoms with Gasteiger partial charge in [-0.1, -0.05) is 6.07 Å². The Labute approximate surface area is 102 Å². The van der Waals surface area contributed by atoms with Gasteiger partial charge in [0.05, 0.1) is 19.8 Å². The maximum atomic E-state index is 8.86. The lowest BCUT2D eigenvalue weighted by molar-refractivity contribution is 0.273. The summed E-state index contributed by atoms with van der Waals surface area (Å²) in [5, 5.41) is 8.86. The lowest BCUT2D eigenvalue weighted by Crippen LogP contribution is -2.14. The molecule has 1 atom stereocenters. The van der Waals surface area contributed by atoms with Crippen LogP contribution in [0.25, 0.3) is 0 Å². The van der Waals surface area contributed by atoms with E-state index in [9.17, 15) is 0 Å². The summed E-state index contributed by atoms with van der Waals surface area (Å²) in [6, 6.07) is 5.22. The van der Waals surface area contributed by atoms with Crippen molar-refractivity contribution in [1.29, 1.82) is 0 Å². The number of ether oxygens (including phenoxy) is 2. The average molecular weight is 248 g/mol. The second kappa shape index (κ2) is 7.33. The summed E-state index contributed by atoms with van der Waals surface area (Å²) < 4.78 is 10.4. The van der Waals surface area contributed by atoms with Crippen LogP contribution in [0.2, 0.25) is 0 Å². The van der Waals surface area contributed by atoms with Crippen molar-refractivity contribution in [3.05, 3.63) is 23.8 Å². The number of nitrogens with two attached hydrogens (primary N) is 1. The number of hydrogen-bond donors (Lipinski definition) is 2. The Kier molecular flexibility index (Phi) is 6.88. The highest BCUT2D eigenvalue weighted by Crippen LogP contribution is 2.33. The van der Waals surface area contributed by atoms with Crippen molar-refractivity contribution in [2.24, 2.45) is 5.73 Å². The molecule has 0 spiro atoms. The predicted molar refractivity (Wildman–Crippen MR) is 65.4 cm³/mol. The molecule has 0 aliphatic rings. The molecule has 0 amide bonds. The largest absolute Gasteiger partial charge is 0.496 e. The van der Waals surface area contributed by atoms with Crippen LogP contribution in [0.4, 0.5) is 0 Å². The first-order valence-corrected chi connectivity index (χ1v) is 4.82. The van der Waals surface area contributed by atoms with E-state index in [1.807, 2.05) is 18.2 Å². The Morgan fingerprint density at radius 3 is 2.12 bits per heavy atom. The number of halogens is 1. The minimum Gasteiger partial charge on any atom is -0.496 e. The highest BCUT2D eigenvalue weighted by Gasteiger charge is 2.16. The summed E-state index contributed by atoms with van der Waals surface area (Å²) in [7, 11) is 3.17. The van der Waals surface area contributed by atoms with Gasteiger partial charge < -0.3 is 20.3 Å². The summed E-state index contributed by atoms with van der Waals surface area (Å²) >= 11 is 0. The quantitative estimate of drug-likeness (QED) is 0.828. The molecule has 5 heteroatoms. The second-order valence-corrected chi connectivity index (χ2v) is 3.19. The molecular formula is C11H18ClNO3. The van der Waals surface area contributed by atoms with E-state index < -0.39 is 0 Å². The summed E-state index contributed by atoms with van der Waals surface area (Å²) in [4.78, 5) is 0. The number of hydrogen-bond acceptors (Lipinski definition) is 4. The summed E-state index contributed by atoms with van der Waals surface area (Å²) in [6.07, 6.45) is 0.483. The Morgan fingerprint density at radius 2 is 1.75 bits per heavy atom. The smallest absolute Gasteiger partial charge is 0.127 e. The van der Waals surface area contributed by atoms with Gasteiger partial charge in [-0.3, -0.25) is 0 Å². The van der Waals surface area contributed by atoms with E-state index in [1.165, 1.54) is 0 Å². The molecule has 4 nitrogen and oxygen atoms in total. The average Bonchev–Trinajstić information content (AvgIpc) is 2.28. The molecule has 0 saturated heterocycles. The third-order valence-corrected chi connectivity index (χ3v) is 2.28. The lowest BCUT2D eigenvalue weighted by Gasteiger charge is -2.17. The van der Waals surface area contributed by atoms with E-state index in [-0.39, 0.29) is 25.1 Å². The zero-order valence-corrected chi connectivity index (χ0v) is 10.3. The fourth-order valence-electron chi connectivity index (χ4n) is 1.53. The molecule has 3 N–H and O–H groups in total. The van der Waals surface area contributed by atoms with Gasteiger partial charge in [-0.25, -0.2) is 0 Å². The van der Waals surface area contributed by atoms with Crippen LogP contribution < -0.4 is 15.2 Å². The first kappa shape index (κ1) is 15.0. The zero-order chi connectivity index (χ0) is 11.3. The van der Waals surface area contributed by atoms with Crippen molar-refractivity contribution in [2.45, 2.75) is 12.5 Å². The molecule has 1 aromatic rings. The standard InChI is InChI=1S/C11H17NO3.ClH/c1-14-9-4-3-5-10(15-2)11(9)8(12)6-7-13;/h3-5,8,13H,6-7,12H2,1-2H3;1H/t8-;/m0./s1. The minimum atomic E-state index is -0.277. The predicted octanol–water partition coefficient (Wildman–Crippen LogP) is 1.51. The number of methoxy groups -OCH3 is 2. The van der Waals surface area contributed by atoms with Gasteiger partial charge in [0.2, 0.25) is 0 Å².